The van der Waals surface area contributed by atoms with Gasteiger partial charge in [-0.25, -0.2) is 0 Å². The van der Waals surface area contributed by atoms with Crippen molar-refractivity contribution in [3.05, 3.63) is 33.8 Å². The van der Waals surface area contributed by atoms with Crippen molar-refractivity contribution < 1.29 is 9.53 Å². The summed E-state index contributed by atoms with van der Waals surface area (Å²) in [4.78, 5) is 11.8. The topological polar surface area (TPSA) is 38.3 Å². The highest BCUT2D eigenvalue weighted by atomic mass is 79.9. The van der Waals surface area contributed by atoms with Gasteiger partial charge in [0.25, 0.3) is 0 Å². The third-order valence-electron chi connectivity index (χ3n) is 3.39. The summed E-state index contributed by atoms with van der Waals surface area (Å²) in [5.41, 5.74) is 2.35. The summed E-state index contributed by atoms with van der Waals surface area (Å²) in [5.74, 6) is 0.0502. The molecule has 1 N–H and O–H groups in total. The smallest absolute Gasteiger partial charge is 0.323 e. The zero-order valence-corrected chi connectivity index (χ0v) is 13.6. The molecule has 0 aliphatic heterocycles. The first-order valence-corrected chi connectivity index (χ1v) is 7.35. The summed E-state index contributed by atoms with van der Waals surface area (Å²) in [5, 5.41) is 3.29. The van der Waals surface area contributed by atoms with E-state index in [1.54, 1.807) is 0 Å². The second-order valence-electron chi connectivity index (χ2n) is 4.86. The van der Waals surface area contributed by atoms with Crippen molar-refractivity contribution in [1.29, 1.82) is 0 Å². The van der Waals surface area contributed by atoms with Gasteiger partial charge in [0, 0.05) is 11.0 Å². The predicted octanol–water partition coefficient (Wildman–Crippen LogP) is 3.43. The van der Waals surface area contributed by atoms with E-state index in [4.69, 9.17) is 4.74 Å². The van der Waals surface area contributed by atoms with Gasteiger partial charge < -0.3 is 10.1 Å². The van der Waals surface area contributed by atoms with E-state index in [0.717, 1.165) is 16.5 Å². The predicted molar refractivity (Wildman–Crippen MR) is 81.0 cm³/mol. The number of methoxy groups -OCH3 is 1. The van der Waals surface area contributed by atoms with Gasteiger partial charge in [0.15, 0.2) is 0 Å². The molecular formula is C15H22BrNO2. The number of carbonyl (C=O) groups excluding carboxylic acids is 1. The van der Waals surface area contributed by atoms with Crippen LogP contribution >= 0.6 is 15.9 Å². The zero-order valence-electron chi connectivity index (χ0n) is 12.0. The van der Waals surface area contributed by atoms with Crippen molar-refractivity contribution in [3.63, 3.8) is 0 Å². The lowest BCUT2D eigenvalue weighted by atomic mass is 9.99. The van der Waals surface area contributed by atoms with Crippen LogP contribution in [0.4, 0.5) is 0 Å². The minimum Gasteiger partial charge on any atom is -0.468 e. The van der Waals surface area contributed by atoms with Gasteiger partial charge in [-0.3, -0.25) is 4.79 Å². The van der Waals surface area contributed by atoms with Crippen LogP contribution in [0.2, 0.25) is 0 Å². The normalized spacial score (nSPS) is 13.9. The second kappa shape index (κ2) is 7.65. The number of hydrogen-bond donors (Lipinski definition) is 1. The van der Waals surface area contributed by atoms with Crippen molar-refractivity contribution in [2.75, 3.05) is 7.11 Å². The van der Waals surface area contributed by atoms with Crippen LogP contribution < -0.4 is 5.32 Å². The average molecular weight is 328 g/mol. The number of esters is 1. The van der Waals surface area contributed by atoms with E-state index in [-0.39, 0.29) is 17.9 Å². The van der Waals surface area contributed by atoms with E-state index in [9.17, 15) is 4.79 Å². The summed E-state index contributed by atoms with van der Waals surface area (Å²) in [6.45, 7) is 6.83. The quantitative estimate of drug-likeness (QED) is 0.813. The molecule has 0 saturated heterocycles. The summed E-state index contributed by atoms with van der Waals surface area (Å²) < 4.78 is 5.92. The van der Waals surface area contributed by atoms with Crippen LogP contribution in [0.15, 0.2) is 22.7 Å². The molecule has 0 radical (unpaired) electrons. The molecule has 0 aliphatic rings. The highest BCUT2D eigenvalue weighted by Crippen LogP contribution is 2.19. The van der Waals surface area contributed by atoms with Gasteiger partial charge in [0.1, 0.15) is 6.04 Å². The van der Waals surface area contributed by atoms with E-state index in [0.29, 0.717) is 6.54 Å². The molecule has 3 nitrogen and oxygen atoms in total. The fourth-order valence-corrected chi connectivity index (χ4v) is 2.53. The summed E-state index contributed by atoms with van der Waals surface area (Å²) in [7, 11) is 1.43. The van der Waals surface area contributed by atoms with Crippen LogP contribution in [0.1, 0.15) is 31.4 Å². The number of ether oxygens (including phenoxy) is 1. The van der Waals surface area contributed by atoms with Gasteiger partial charge in [-0.2, -0.15) is 0 Å². The maximum absolute atomic E-state index is 11.8. The Morgan fingerprint density at radius 3 is 2.68 bits per heavy atom. The third kappa shape index (κ3) is 4.62. The number of rotatable bonds is 6. The van der Waals surface area contributed by atoms with Crippen LogP contribution in [0.3, 0.4) is 0 Å². The molecule has 0 fully saturated rings. The summed E-state index contributed by atoms with van der Waals surface area (Å²) in [6.07, 6.45) is 0.932. The standard InChI is InChI=1S/C15H22BrNO2/c1-5-11(3)14(15(18)19-4)17-9-12-7-6-10(2)8-13(12)16/h6-8,11,14,17H,5,9H2,1-4H3. The van der Waals surface area contributed by atoms with Crippen LogP contribution in [0.5, 0.6) is 0 Å². The van der Waals surface area contributed by atoms with Crippen molar-refractivity contribution in [2.45, 2.75) is 39.8 Å². The first-order valence-electron chi connectivity index (χ1n) is 6.55. The monoisotopic (exact) mass is 327 g/mol. The second-order valence-corrected chi connectivity index (χ2v) is 5.72. The SMILES string of the molecule is CCC(C)C(NCc1ccc(C)cc1Br)C(=O)OC. The lowest BCUT2D eigenvalue weighted by Gasteiger charge is -2.22. The zero-order chi connectivity index (χ0) is 14.4. The number of benzene rings is 1. The fraction of sp³-hybridized carbons (Fsp3) is 0.533. The molecule has 19 heavy (non-hydrogen) atoms. The fourth-order valence-electron chi connectivity index (χ4n) is 1.90. The van der Waals surface area contributed by atoms with Crippen LogP contribution in [-0.2, 0) is 16.1 Å². The number of nitrogens with one attached hydrogen (secondary N) is 1. The Morgan fingerprint density at radius 1 is 1.47 bits per heavy atom. The first kappa shape index (κ1) is 16.2. The molecule has 0 spiro atoms. The molecule has 2 atom stereocenters. The van der Waals surface area contributed by atoms with Gasteiger partial charge in [-0.05, 0) is 30.0 Å². The Hall–Kier alpha value is -0.870. The van der Waals surface area contributed by atoms with Gasteiger partial charge in [0.05, 0.1) is 7.11 Å². The van der Waals surface area contributed by atoms with E-state index in [1.807, 2.05) is 0 Å². The number of halogens is 1. The van der Waals surface area contributed by atoms with Crippen LogP contribution in [0, 0.1) is 12.8 Å². The van der Waals surface area contributed by atoms with Crippen LogP contribution in [0.25, 0.3) is 0 Å². The Morgan fingerprint density at radius 2 is 2.16 bits per heavy atom. The van der Waals surface area contributed by atoms with Crippen molar-refractivity contribution >= 4 is 21.9 Å². The minimum atomic E-state index is -0.261. The molecular weight excluding hydrogens is 306 g/mol. The molecule has 0 aliphatic carbocycles. The average Bonchev–Trinajstić information content (AvgIpc) is 2.40. The Kier molecular flexibility index (Phi) is 6.52. The molecule has 106 valence electrons. The maximum Gasteiger partial charge on any atom is 0.323 e. The Balaban J connectivity index is 2.73. The molecule has 0 aromatic heterocycles. The van der Waals surface area contributed by atoms with Crippen LogP contribution in [-0.4, -0.2) is 19.1 Å². The Bertz CT molecular complexity index is 434. The number of aryl methyl sites for hydroxylation is 1. The largest absolute Gasteiger partial charge is 0.468 e. The molecule has 0 amide bonds. The minimum absolute atomic E-state index is 0.197. The van der Waals surface area contributed by atoms with Gasteiger partial charge in [-0.15, -0.1) is 0 Å². The lowest BCUT2D eigenvalue weighted by molar-refractivity contribution is -0.144. The highest BCUT2D eigenvalue weighted by Gasteiger charge is 2.24. The molecule has 1 aromatic rings. The number of hydrogen-bond acceptors (Lipinski definition) is 3. The van der Waals surface area contributed by atoms with E-state index >= 15 is 0 Å². The maximum atomic E-state index is 11.8. The summed E-state index contributed by atoms with van der Waals surface area (Å²) >= 11 is 3.55. The van der Waals surface area contributed by atoms with Crippen molar-refractivity contribution in [1.82, 2.24) is 5.32 Å². The van der Waals surface area contributed by atoms with E-state index in [1.165, 1.54) is 12.7 Å². The molecule has 0 saturated carbocycles. The highest BCUT2D eigenvalue weighted by molar-refractivity contribution is 9.10. The Labute approximate surface area is 123 Å². The third-order valence-corrected chi connectivity index (χ3v) is 4.13. The molecule has 4 heteroatoms. The van der Waals surface area contributed by atoms with E-state index in [2.05, 4.69) is 60.2 Å². The molecule has 0 bridgehead atoms. The van der Waals surface area contributed by atoms with Gasteiger partial charge in [-0.1, -0.05) is 48.3 Å². The van der Waals surface area contributed by atoms with Gasteiger partial charge in [0.2, 0.25) is 0 Å². The molecule has 2 unspecified atom stereocenters. The van der Waals surface area contributed by atoms with Gasteiger partial charge >= 0.3 is 5.97 Å². The molecule has 1 rings (SSSR count). The molecule has 0 heterocycles. The summed E-state index contributed by atoms with van der Waals surface area (Å²) in [6, 6.07) is 5.95. The first-order chi connectivity index (χ1) is 8.99. The molecule has 1 aromatic carbocycles. The van der Waals surface area contributed by atoms with Crippen molar-refractivity contribution in [2.24, 2.45) is 5.92 Å². The lowest BCUT2D eigenvalue weighted by Crippen LogP contribution is -2.42. The number of carbonyl (C=O) groups is 1. The van der Waals surface area contributed by atoms with E-state index < -0.39 is 0 Å². The van der Waals surface area contributed by atoms with Crippen molar-refractivity contribution in [3.8, 4) is 0 Å².